The lowest BCUT2D eigenvalue weighted by Gasteiger charge is -2.29. The van der Waals surface area contributed by atoms with Crippen LogP contribution in [0.2, 0.25) is 0 Å². The topological polar surface area (TPSA) is 144 Å². The molecule has 2 atom stereocenters. The van der Waals surface area contributed by atoms with Crippen LogP contribution < -0.4 is 10.4 Å². The van der Waals surface area contributed by atoms with Crippen LogP contribution in [-0.2, 0) is 11.2 Å². The molecule has 10 nitrogen and oxygen atoms in total. The van der Waals surface area contributed by atoms with E-state index < -0.39 is 13.1 Å². The predicted octanol–water partition coefficient (Wildman–Crippen LogP) is -0.419. The summed E-state index contributed by atoms with van der Waals surface area (Å²) >= 11 is 1.30. The summed E-state index contributed by atoms with van der Waals surface area (Å²) in [6, 6.07) is 3.41. The van der Waals surface area contributed by atoms with E-state index in [1.165, 1.54) is 28.8 Å². The Bertz CT molecular complexity index is 927. The van der Waals surface area contributed by atoms with Crippen molar-refractivity contribution in [2.45, 2.75) is 24.0 Å². The van der Waals surface area contributed by atoms with Gasteiger partial charge in [0.25, 0.3) is 0 Å². The van der Waals surface area contributed by atoms with E-state index in [0.29, 0.717) is 30.8 Å². The normalized spacial score (nSPS) is 21.0. The van der Waals surface area contributed by atoms with Gasteiger partial charge in [-0.1, -0.05) is 11.3 Å². The van der Waals surface area contributed by atoms with Crippen LogP contribution >= 0.6 is 11.8 Å². The van der Waals surface area contributed by atoms with Crippen molar-refractivity contribution in [2.75, 3.05) is 18.8 Å². The van der Waals surface area contributed by atoms with E-state index in [2.05, 4.69) is 10.3 Å². The number of benzene rings is 1. The molecule has 1 aromatic carbocycles. The molecule has 4 rings (SSSR count). The number of rotatable bonds is 5. The van der Waals surface area contributed by atoms with Crippen LogP contribution in [0.5, 0.6) is 5.75 Å². The molecule has 0 bridgehead atoms. The van der Waals surface area contributed by atoms with E-state index in [0.717, 1.165) is 6.42 Å². The second kappa shape index (κ2) is 8.05. The summed E-state index contributed by atoms with van der Waals surface area (Å²) in [5.41, 5.74) is 6.71. The van der Waals surface area contributed by atoms with Gasteiger partial charge in [-0.05, 0) is 24.5 Å². The molecule has 1 amide bonds. The molecular weight excluding hydrogens is 397 g/mol. The van der Waals surface area contributed by atoms with Gasteiger partial charge in [0.2, 0.25) is 5.91 Å². The Hall–Kier alpha value is -2.57. The number of carbonyl (C=O) groups excluding carboxylic acids is 1. The minimum atomic E-state index is -1.23. The molecule has 2 aliphatic heterocycles. The zero-order chi connectivity index (χ0) is 20.5. The third-order valence-electron chi connectivity index (χ3n) is 5.08. The van der Waals surface area contributed by atoms with Gasteiger partial charge >= 0.3 is 13.1 Å². The fraction of sp³-hybridized carbons (Fsp3) is 0.412. The third-order valence-corrected chi connectivity index (χ3v) is 6.32. The highest BCUT2D eigenvalue weighted by Gasteiger charge is 2.39. The van der Waals surface area contributed by atoms with E-state index in [4.69, 9.17) is 10.4 Å². The van der Waals surface area contributed by atoms with Crippen molar-refractivity contribution in [1.82, 2.24) is 19.9 Å². The van der Waals surface area contributed by atoms with E-state index in [-0.39, 0.29) is 34.2 Å². The number of hydrogen-bond acceptors (Lipinski definition) is 8. The highest BCUT2D eigenvalue weighted by atomic mass is 32.2. The van der Waals surface area contributed by atoms with Gasteiger partial charge in [-0.2, -0.15) is 0 Å². The number of thioether (sulfide) groups is 1. The Morgan fingerprint density at radius 1 is 1.41 bits per heavy atom. The molecule has 1 aromatic heterocycles. The Balaban J connectivity index is 1.51. The van der Waals surface area contributed by atoms with Gasteiger partial charge in [-0.15, -0.1) is 16.9 Å². The Kier molecular flexibility index (Phi) is 5.48. The summed E-state index contributed by atoms with van der Waals surface area (Å²) < 4.78 is 6.93. The Labute approximate surface area is 171 Å². The Morgan fingerprint density at radius 3 is 2.90 bits per heavy atom. The van der Waals surface area contributed by atoms with E-state index in [9.17, 15) is 19.7 Å². The fourth-order valence-corrected chi connectivity index (χ4v) is 4.64. The van der Waals surface area contributed by atoms with Crippen LogP contribution in [0.3, 0.4) is 0 Å². The first-order valence-electron chi connectivity index (χ1n) is 9.19. The maximum atomic E-state index is 12.3. The van der Waals surface area contributed by atoms with Gasteiger partial charge in [0.05, 0.1) is 29.0 Å². The number of likely N-dealkylation sites (tertiary alicyclic amines) is 1. The number of fused-ring (bicyclic) bond motifs is 1. The lowest BCUT2D eigenvalue weighted by molar-refractivity contribution is -0.127. The summed E-state index contributed by atoms with van der Waals surface area (Å²) in [7, 11) is -1.23. The van der Waals surface area contributed by atoms with Crippen molar-refractivity contribution in [3.8, 4) is 11.4 Å². The van der Waals surface area contributed by atoms with Gasteiger partial charge in [-0.3, -0.25) is 4.79 Å². The molecule has 4 N–H and O–H groups in total. The summed E-state index contributed by atoms with van der Waals surface area (Å²) in [6.45, 7) is 1.21. The van der Waals surface area contributed by atoms with Gasteiger partial charge < -0.3 is 25.4 Å². The molecule has 0 saturated carbocycles. The number of nitrogens with zero attached hydrogens (tertiary/aromatic N) is 4. The van der Waals surface area contributed by atoms with Crippen LogP contribution in [0.1, 0.15) is 22.3 Å². The molecule has 2 aliphatic rings. The summed E-state index contributed by atoms with van der Waals surface area (Å²) in [4.78, 5) is 25.9. The molecule has 12 heteroatoms. The van der Waals surface area contributed by atoms with Crippen LogP contribution in [-0.4, -0.2) is 79.1 Å². The number of amides is 1. The van der Waals surface area contributed by atoms with E-state index in [1.54, 1.807) is 17.0 Å². The van der Waals surface area contributed by atoms with Crippen molar-refractivity contribution in [3.63, 3.8) is 0 Å². The second-order valence-electron chi connectivity index (χ2n) is 7.05. The molecule has 3 heterocycles. The standard InChI is InChI=1S/C17H20BN5O5S/c19-11-3-5-22(8-11)14(24)9-29-13-7-10-1-2-12(23-6-4-20-21-23)15(17(25)26)16(10)28-18(13)27/h1-2,4,6,11,13,27H,3,5,7-9,19H2,(H,25,26)/t11?,13-/m0/s1. The molecule has 0 radical (unpaired) electrons. The van der Waals surface area contributed by atoms with Gasteiger partial charge in [-0.25, -0.2) is 9.48 Å². The molecule has 1 fully saturated rings. The number of hydrogen-bond donors (Lipinski definition) is 3. The van der Waals surface area contributed by atoms with Crippen molar-refractivity contribution in [1.29, 1.82) is 0 Å². The van der Waals surface area contributed by atoms with Crippen molar-refractivity contribution >= 4 is 30.8 Å². The average Bonchev–Trinajstić information content (AvgIpc) is 3.37. The Morgan fingerprint density at radius 2 is 2.24 bits per heavy atom. The monoisotopic (exact) mass is 417 g/mol. The molecule has 0 spiro atoms. The fourth-order valence-electron chi connectivity index (χ4n) is 3.58. The zero-order valence-corrected chi connectivity index (χ0v) is 16.3. The zero-order valence-electron chi connectivity index (χ0n) is 15.5. The number of carboxylic acid groups (broad SMARTS) is 1. The van der Waals surface area contributed by atoms with Crippen molar-refractivity contribution in [2.24, 2.45) is 5.73 Å². The lowest BCUT2D eigenvalue weighted by atomic mass is 9.77. The highest BCUT2D eigenvalue weighted by molar-refractivity contribution is 8.01. The second-order valence-corrected chi connectivity index (χ2v) is 8.28. The first kappa shape index (κ1) is 19.7. The quantitative estimate of drug-likeness (QED) is 0.553. The molecule has 1 unspecified atom stereocenters. The first-order chi connectivity index (χ1) is 13.9. The molecule has 152 valence electrons. The number of aromatic carboxylic acids is 1. The largest absolute Gasteiger partial charge is 0.536 e. The van der Waals surface area contributed by atoms with Gasteiger partial charge in [0.1, 0.15) is 11.3 Å². The maximum Gasteiger partial charge on any atom is 0.536 e. The summed E-state index contributed by atoms with van der Waals surface area (Å²) in [5.74, 6) is -0.887. The van der Waals surface area contributed by atoms with E-state index in [1.807, 2.05) is 0 Å². The van der Waals surface area contributed by atoms with Crippen LogP contribution in [0.15, 0.2) is 24.5 Å². The molecule has 0 aliphatic carbocycles. The molecule has 29 heavy (non-hydrogen) atoms. The summed E-state index contributed by atoms with van der Waals surface area (Å²) in [6.07, 6.45) is 4.15. The number of carboxylic acids is 1. The van der Waals surface area contributed by atoms with Crippen LogP contribution in [0.25, 0.3) is 5.69 Å². The number of nitrogens with two attached hydrogens (primary N) is 1. The minimum absolute atomic E-state index is 0.0197. The minimum Gasteiger partial charge on any atom is -0.535 e. The van der Waals surface area contributed by atoms with Gasteiger partial charge in [0.15, 0.2) is 0 Å². The average molecular weight is 417 g/mol. The third kappa shape index (κ3) is 3.95. The first-order valence-corrected chi connectivity index (χ1v) is 10.2. The van der Waals surface area contributed by atoms with E-state index >= 15 is 0 Å². The van der Waals surface area contributed by atoms with Crippen LogP contribution in [0.4, 0.5) is 0 Å². The smallest absolute Gasteiger partial charge is 0.535 e. The SMILES string of the molecule is NC1CCN(C(=O)CS[C@H]2Cc3ccc(-n4ccnn4)c(C(=O)O)c3OB2O)C1. The molecule has 2 aromatic rings. The molecular formula is C17H20BN5O5S. The summed E-state index contributed by atoms with van der Waals surface area (Å²) in [5, 5.41) is 27.3. The predicted molar refractivity (Wildman–Crippen MR) is 106 cm³/mol. The lowest BCUT2D eigenvalue weighted by Crippen LogP contribution is -2.42. The maximum absolute atomic E-state index is 12.3. The highest BCUT2D eigenvalue weighted by Crippen LogP contribution is 2.37. The van der Waals surface area contributed by atoms with Crippen molar-refractivity contribution in [3.05, 3.63) is 35.7 Å². The van der Waals surface area contributed by atoms with Gasteiger partial charge in [0, 0.05) is 19.1 Å². The molecule has 1 saturated heterocycles. The van der Waals surface area contributed by atoms with Crippen LogP contribution in [0, 0.1) is 0 Å². The van der Waals surface area contributed by atoms with Crippen molar-refractivity contribution < 1.29 is 24.4 Å². The number of carbonyl (C=O) groups is 2. The number of aromatic nitrogens is 3.